The summed E-state index contributed by atoms with van der Waals surface area (Å²) < 4.78 is 8.57. The molecule has 6 N–H and O–H groups in total. The number of aliphatic hydroxyl groups is 1. The number of carbonyl (C=O) groups is 1. The van der Waals surface area contributed by atoms with Gasteiger partial charge in [-0.3, -0.25) is 4.79 Å². The van der Waals surface area contributed by atoms with Crippen molar-refractivity contribution >= 4 is 49.5 Å². The van der Waals surface area contributed by atoms with Crippen molar-refractivity contribution in [2.75, 3.05) is 0 Å². The number of aromatic amines is 1. The van der Waals surface area contributed by atoms with E-state index in [4.69, 9.17) is 4.74 Å². The zero-order valence-corrected chi connectivity index (χ0v) is 18.3. The largest absolute Gasteiger partial charge is 0.384 e. The minimum Gasteiger partial charge on any atom is -0.384 e. The second-order valence-corrected chi connectivity index (χ2v) is 9.35. The van der Waals surface area contributed by atoms with E-state index in [9.17, 15) is 9.90 Å². The summed E-state index contributed by atoms with van der Waals surface area (Å²) in [5, 5.41) is 17.7. The molecule has 3 aromatic carbocycles. The van der Waals surface area contributed by atoms with Crippen molar-refractivity contribution in [3.8, 4) is 0 Å². The maximum absolute atomic E-state index is 13.2. The molecule has 0 radical (unpaired) electrons. The van der Waals surface area contributed by atoms with Crippen molar-refractivity contribution in [3.63, 3.8) is 0 Å². The van der Waals surface area contributed by atoms with Gasteiger partial charge in [0.1, 0.15) is 18.4 Å². The Hall–Kier alpha value is -3.39. The number of quaternary nitrogens is 1. The molecule has 166 valence electrons. The molecule has 1 saturated heterocycles. The first-order valence-electron chi connectivity index (χ1n) is 11.5. The van der Waals surface area contributed by atoms with Crippen molar-refractivity contribution in [3.05, 3.63) is 59.7 Å². The fourth-order valence-corrected chi connectivity index (χ4v) is 5.99. The number of hydrogen-bond donors (Lipinski definition) is 4. The quantitative estimate of drug-likeness (QED) is 0.321. The molecule has 5 aromatic rings. The molecule has 4 atom stereocenters. The van der Waals surface area contributed by atoms with Crippen LogP contribution in [0, 0.1) is 0 Å². The summed E-state index contributed by atoms with van der Waals surface area (Å²) in [5.74, 6) is -0.0338. The Morgan fingerprint density at radius 2 is 1.85 bits per heavy atom. The predicted octanol–water partition coefficient (Wildman–Crippen LogP) is 2.95. The highest BCUT2D eigenvalue weighted by molar-refractivity contribution is 6.30. The van der Waals surface area contributed by atoms with E-state index in [1.807, 2.05) is 31.2 Å². The molecular formula is C26H25N4O3+. The fraction of sp³-hybridized carbons (Fsp3) is 0.269. The van der Waals surface area contributed by atoms with Gasteiger partial charge in [0.25, 0.3) is 5.91 Å². The van der Waals surface area contributed by atoms with Gasteiger partial charge in [0, 0.05) is 40.0 Å². The summed E-state index contributed by atoms with van der Waals surface area (Å²) in [6.07, 6.45) is -0.647. The van der Waals surface area contributed by atoms with Crippen LogP contribution in [0.1, 0.15) is 35.5 Å². The third-order valence-corrected chi connectivity index (χ3v) is 7.49. The van der Waals surface area contributed by atoms with Gasteiger partial charge in [0.2, 0.25) is 0 Å². The Morgan fingerprint density at radius 3 is 2.67 bits per heavy atom. The van der Waals surface area contributed by atoms with E-state index in [1.54, 1.807) is 0 Å². The number of nitrogens with one attached hydrogen (secondary N) is 2. The first-order chi connectivity index (χ1) is 16.0. The van der Waals surface area contributed by atoms with Gasteiger partial charge in [-0.05, 0) is 24.6 Å². The summed E-state index contributed by atoms with van der Waals surface area (Å²) in [7, 11) is 0. The summed E-state index contributed by atoms with van der Waals surface area (Å²) in [6, 6.07) is 16.3. The van der Waals surface area contributed by atoms with Gasteiger partial charge in [-0.25, -0.2) is 0 Å². The third-order valence-electron chi connectivity index (χ3n) is 7.49. The summed E-state index contributed by atoms with van der Waals surface area (Å²) in [4.78, 5) is 16.8. The number of para-hydroxylation sites is 2. The number of aliphatic hydroxyl groups excluding tert-OH is 1. The fourth-order valence-electron chi connectivity index (χ4n) is 5.99. The Kier molecular flexibility index (Phi) is 3.81. The Bertz CT molecular complexity index is 1600. The summed E-state index contributed by atoms with van der Waals surface area (Å²) in [5.41, 5.74) is 10.0. The van der Waals surface area contributed by atoms with Crippen LogP contribution in [0.15, 0.2) is 48.5 Å². The van der Waals surface area contributed by atoms with Crippen molar-refractivity contribution < 1.29 is 20.4 Å². The maximum Gasteiger partial charge on any atom is 0.252 e. The number of rotatable bonds is 1. The molecule has 0 spiro atoms. The highest BCUT2D eigenvalue weighted by Gasteiger charge is 2.39. The van der Waals surface area contributed by atoms with Crippen LogP contribution in [0.5, 0.6) is 0 Å². The molecule has 1 amide bonds. The number of benzene rings is 3. The van der Waals surface area contributed by atoms with Crippen molar-refractivity contribution in [1.82, 2.24) is 14.9 Å². The topological polar surface area (TPSA) is 107 Å². The third kappa shape index (κ3) is 2.41. The van der Waals surface area contributed by atoms with Gasteiger partial charge in [0.15, 0.2) is 0 Å². The number of aromatic nitrogens is 2. The summed E-state index contributed by atoms with van der Waals surface area (Å²) >= 11 is 0. The smallest absolute Gasteiger partial charge is 0.252 e. The number of H-pyrrole nitrogens is 1. The number of hydrogen-bond acceptors (Lipinski definition) is 3. The standard InChI is InChI=1S/C26H24N4O3/c1-12-25(31)16(27)10-19(33-12)30-18-9-5-3-7-14(18)21-22-15(11-28-26(22)32)20-13-6-2-4-8-17(13)29-23(20)24(21)30/h2-9,12,16,19,25,29,31H,10-11,27H2,1H3,(H,28,32)/p+1/t12-,16+,19+,25-/m0/s1. The molecule has 33 heavy (non-hydrogen) atoms. The molecule has 4 heterocycles. The lowest BCUT2D eigenvalue weighted by Crippen LogP contribution is -2.70. The van der Waals surface area contributed by atoms with E-state index in [0.29, 0.717) is 13.0 Å². The molecule has 2 aliphatic heterocycles. The molecular weight excluding hydrogens is 416 g/mol. The Morgan fingerprint density at radius 1 is 1.09 bits per heavy atom. The predicted molar refractivity (Wildman–Crippen MR) is 127 cm³/mol. The minimum absolute atomic E-state index is 0.0338. The van der Waals surface area contributed by atoms with Crippen LogP contribution < -0.4 is 11.1 Å². The van der Waals surface area contributed by atoms with E-state index >= 15 is 0 Å². The lowest BCUT2D eigenvalue weighted by atomic mass is 9.97. The molecule has 1 fully saturated rings. The molecule has 0 bridgehead atoms. The van der Waals surface area contributed by atoms with E-state index < -0.39 is 6.10 Å². The van der Waals surface area contributed by atoms with Crippen LogP contribution in [0.3, 0.4) is 0 Å². The molecule has 0 aliphatic carbocycles. The van der Waals surface area contributed by atoms with Crippen LogP contribution in [0.25, 0.3) is 43.6 Å². The van der Waals surface area contributed by atoms with Crippen LogP contribution in [0.4, 0.5) is 0 Å². The van der Waals surface area contributed by atoms with E-state index in [1.165, 1.54) is 0 Å². The Balaban J connectivity index is 1.69. The average Bonchev–Trinajstić information content (AvgIpc) is 3.48. The molecule has 2 aliphatic rings. The molecule has 7 heteroatoms. The van der Waals surface area contributed by atoms with E-state index in [2.05, 4.69) is 44.9 Å². The first kappa shape index (κ1) is 19.1. The van der Waals surface area contributed by atoms with Crippen LogP contribution in [0.2, 0.25) is 0 Å². The highest BCUT2D eigenvalue weighted by Crippen LogP contribution is 2.45. The lowest BCUT2D eigenvalue weighted by Gasteiger charge is -2.35. The zero-order valence-electron chi connectivity index (χ0n) is 18.3. The van der Waals surface area contributed by atoms with Crippen LogP contribution >= 0.6 is 0 Å². The number of amides is 1. The number of carbonyl (C=O) groups excluding carboxylic acids is 1. The van der Waals surface area contributed by atoms with Crippen molar-refractivity contribution in [1.29, 1.82) is 0 Å². The first-order valence-corrected chi connectivity index (χ1v) is 11.5. The highest BCUT2D eigenvalue weighted by atomic mass is 16.5. The second-order valence-electron chi connectivity index (χ2n) is 9.35. The molecule has 2 aromatic heterocycles. The van der Waals surface area contributed by atoms with Crippen molar-refractivity contribution in [2.24, 2.45) is 0 Å². The van der Waals surface area contributed by atoms with Crippen molar-refractivity contribution in [2.45, 2.75) is 44.4 Å². The number of ether oxygens (including phenoxy) is 1. The SMILES string of the molecule is C[C@@H]1O[C@@H](n2c3ccccc3c3c4c(c5c6ccccc6[nH]c5c32)CNC4=O)C[C@@H]([NH3+])[C@H]1O. The monoisotopic (exact) mass is 441 g/mol. The minimum atomic E-state index is -0.600. The number of nitrogens with zero attached hydrogens (tertiary/aromatic N) is 1. The average molecular weight is 442 g/mol. The lowest BCUT2D eigenvalue weighted by molar-refractivity contribution is -0.459. The normalized spacial score (nSPS) is 25.4. The van der Waals surface area contributed by atoms with Gasteiger partial charge >= 0.3 is 0 Å². The number of fused-ring (bicyclic) bond motifs is 10. The molecule has 0 saturated carbocycles. The van der Waals surface area contributed by atoms with Crippen LogP contribution in [-0.4, -0.2) is 38.8 Å². The van der Waals surface area contributed by atoms with Gasteiger partial charge < -0.3 is 30.4 Å². The van der Waals surface area contributed by atoms with E-state index in [0.717, 1.165) is 54.7 Å². The van der Waals surface area contributed by atoms with E-state index in [-0.39, 0.29) is 24.3 Å². The van der Waals surface area contributed by atoms with Gasteiger partial charge in [-0.15, -0.1) is 0 Å². The summed E-state index contributed by atoms with van der Waals surface area (Å²) in [6.45, 7) is 2.42. The van der Waals surface area contributed by atoms with Crippen LogP contribution in [-0.2, 0) is 11.3 Å². The van der Waals surface area contributed by atoms with Gasteiger partial charge in [-0.1, -0.05) is 36.4 Å². The Labute approximate surface area is 189 Å². The second kappa shape index (κ2) is 6.57. The maximum atomic E-state index is 13.2. The zero-order chi connectivity index (χ0) is 22.4. The molecule has 7 rings (SSSR count). The van der Waals surface area contributed by atoms with Gasteiger partial charge in [0.05, 0.1) is 28.2 Å². The van der Waals surface area contributed by atoms with Gasteiger partial charge in [-0.2, -0.15) is 0 Å². The molecule has 7 nitrogen and oxygen atoms in total. The molecule has 0 unspecified atom stereocenters.